The molecule has 8 nitrogen and oxygen atoms in total. The van der Waals surface area contributed by atoms with Gasteiger partial charge in [-0.3, -0.25) is 4.79 Å². The molecule has 0 radical (unpaired) electrons. The van der Waals surface area contributed by atoms with E-state index in [1.165, 1.54) is 0 Å². The number of nitrogens with one attached hydrogen (secondary N) is 6. The van der Waals surface area contributed by atoms with Crippen LogP contribution in [0.5, 0.6) is 0 Å². The Balaban J connectivity index is 2.17. The standard InChI is InChI=1S/C16H31N7O/c1-15-9-18-2-4-21-12-16(8-17,13-22-5-3-19-10-15)14(24)23-7-6-20-11-15/h18-22H,2-7,9-13H2,1H3,(H,23,24). The van der Waals surface area contributed by atoms with Crippen molar-refractivity contribution in [2.45, 2.75) is 6.92 Å². The zero-order chi connectivity index (χ0) is 17.3. The first-order valence-corrected chi connectivity index (χ1v) is 8.83. The maximum atomic E-state index is 12.6. The largest absolute Gasteiger partial charge is 0.353 e. The van der Waals surface area contributed by atoms with Gasteiger partial charge < -0.3 is 31.9 Å². The molecule has 0 saturated carbocycles. The third kappa shape index (κ3) is 5.40. The lowest BCUT2D eigenvalue weighted by Gasteiger charge is -2.33. The first-order valence-electron chi connectivity index (χ1n) is 8.83. The molecule has 0 aromatic rings. The number of carbonyl (C=O) groups is 1. The van der Waals surface area contributed by atoms with Gasteiger partial charge in [0.1, 0.15) is 0 Å². The first-order chi connectivity index (χ1) is 11.6. The highest BCUT2D eigenvalue weighted by Gasteiger charge is 2.38. The molecule has 0 atom stereocenters. The molecular weight excluding hydrogens is 306 g/mol. The van der Waals surface area contributed by atoms with E-state index in [0.717, 1.165) is 45.8 Å². The molecule has 6 N–H and O–H groups in total. The van der Waals surface area contributed by atoms with Gasteiger partial charge in [-0.15, -0.1) is 0 Å². The fourth-order valence-electron chi connectivity index (χ4n) is 3.10. The fraction of sp³-hybridized carbons (Fsp3) is 0.875. The van der Waals surface area contributed by atoms with E-state index in [1.807, 2.05) is 0 Å². The van der Waals surface area contributed by atoms with E-state index in [9.17, 15) is 10.1 Å². The molecule has 3 rings (SSSR count). The fourth-order valence-corrected chi connectivity index (χ4v) is 3.10. The lowest BCUT2D eigenvalue weighted by atomic mass is 9.87. The molecule has 0 spiro atoms. The van der Waals surface area contributed by atoms with Crippen molar-refractivity contribution in [2.75, 3.05) is 72.0 Å². The number of hydrogen-bond donors (Lipinski definition) is 6. The molecule has 0 aromatic carbocycles. The van der Waals surface area contributed by atoms with Crippen molar-refractivity contribution < 1.29 is 4.79 Å². The molecule has 3 saturated heterocycles. The Morgan fingerprint density at radius 3 is 1.67 bits per heavy atom. The maximum Gasteiger partial charge on any atom is 0.243 e. The van der Waals surface area contributed by atoms with Gasteiger partial charge in [-0.1, -0.05) is 6.92 Å². The van der Waals surface area contributed by atoms with Crippen LogP contribution >= 0.6 is 0 Å². The smallest absolute Gasteiger partial charge is 0.243 e. The second-order valence-corrected chi connectivity index (χ2v) is 7.14. The van der Waals surface area contributed by atoms with E-state index in [-0.39, 0.29) is 11.3 Å². The molecule has 3 fully saturated rings. The lowest BCUT2D eigenvalue weighted by Crippen LogP contribution is -2.56. The zero-order valence-corrected chi connectivity index (χ0v) is 14.6. The van der Waals surface area contributed by atoms with Crippen LogP contribution in [-0.2, 0) is 4.79 Å². The number of rotatable bonds is 0. The summed E-state index contributed by atoms with van der Waals surface area (Å²) in [6.45, 7) is 9.97. The van der Waals surface area contributed by atoms with Gasteiger partial charge in [-0.2, -0.15) is 5.26 Å². The van der Waals surface area contributed by atoms with E-state index >= 15 is 0 Å². The maximum absolute atomic E-state index is 12.6. The van der Waals surface area contributed by atoms with Crippen LogP contribution in [0.3, 0.4) is 0 Å². The summed E-state index contributed by atoms with van der Waals surface area (Å²) in [5, 5.41) is 29.5. The highest BCUT2D eigenvalue weighted by molar-refractivity contribution is 5.86. The minimum Gasteiger partial charge on any atom is -0.353 e. The third-order valence-corrected chi connectivity index (χ3v) is 4.70. The molecule has 3 heterocycles. The van der Waals surface area contributed by atoms with Crippen LogP contribution in [-0.4, -0.2) is 77.9 Å². The van der Waals surface area contributed by atoms with E-state index in [0.29, 0.717) is 26.2 Å². The average Bonchev–Trinajstić information content (AvgIpc) is 2.58. The molecule has 24 heavy (non-hydrogen) atoms. The molecule has 0 aliphatic carbocycles. The Labute approximate surface area is 144 Å². The normalized spacial score (nSPS) is 34.6. The van der Waals surface area contributed by atoms with Crippen molar-refractivity contribution >= 4 is 5.91 Å². The Morgan fingerprint density at radius 2 is 1.21 bits per heavy atom. The Bertz CT molecular complexity index is 432. The van der Waals surface area contributed by atoms with Crippen molar-refractivity contribution in [3.8, 4) is 6.07 Å². The summed E-state index contributed by atoms with van der Waals surface area (Å²) in [5.74, 6) is -0.204. The van der Waals surface area contributed by atoms with Crippen LogP contribution in [0.4, 0.5) is 0 Å². The molecule has 2 bridgehead atoms. The van der Waals surface area contributed by atoms with Gasteiger partial charge in [-0.05, 0) is 0 Å². The Morgan fingerprint density at radius 1 is 0.792 bits per heavy atom. The van der Waals surface area contributed by atoms with Crippen molar-refractivity contribution in [1.29, 1.82) is 5.26 Å². The Hall–Kier alpha value is -1.24. The minimum absolute atomic E-state index is 0.106. The lowest BCUT2D eigenvalue weighted by molar-refractivity contribution is -0.127. The van der Waals surface area contributed by atoms with Crippen molar-refractivity contribution in [1.82, 2.24) is 31.9 Å². The van der Waals surface area contributed by atoms with Crippen LogP contribution in [0.2, 0.25) is 0 Å². The van der Waals surface area contributed by atoms with Crippen LogP contribution in [0.1, 0.15) is 6.92 Å². The van der Waals surface area contributed by atoms with Gasteiger partial charge in [0.15, 0.2) is 5.41 Å². The van der Waals surface area contributed by atoms with E-state index in [1.54, 1.807) is 0 Å². The molecule has 0 aromatic heterocycles. The van der Waals surface area contributed by atoms with Crippen LogP contribution < -0.4 is 31.9 Å². The molecule has 0 unspecified atom stereocenters. The van der Waals surface area contributed by atoms with Crippen molar-refractivity contribution in [3.05, 3.63) is 0 Å². The van der Waals surface area contributed by atoms with E-state index in [2.05, 4.69) is 44.9 Å². The number of fused-ring (bicyclic) bond motifs is 15. The number of amides is 1. The summed E-state index contributed by atoms with van der Waals surface area (Å²) in [4.78, 5) is 12.6. The first kappa shape index (κ1) is 19.1. The molecular formula is C16H31N7O. The number of hydrogen-bond acceptors (Lipinski definition) is 7. The van der Waals surface area contributed by atoms with Crippen molar-refractivity contribution in [2.24, 2.45) is 10.8 Å². The summed E-state index contributed by atoms with van der Waals surface area (Å²) in [6, 6.07) is 2.24. The highest BCUT2D eigenvalue weighted by Crippen LogP contribution is 2.15. The van der Waals surface area contributed by atoms with Crippen LogP contribution in [0.15, 0.2) is 0 Å². The quantitative estimate of drug-likeness (QED) is 0.292. The predicted octanol–water partition coefficient (Wildman–Crippen LogP) is -2.41. The van der Waals surface area contributed by atoms with Gasteiger partial charge in [0.25, 0.3) is 0 Å². The second kappa shape index (κ2) is 9.30. The van der Waals surface area contributed by atoms with Crippen LogP contribution in [0, 0.1) is 22.2 Å². The summed E-state index contributed by atoms with van der Waals surface area (Å²) >= 11 is 0. The zero-order valence-electron chi connectivity index (χ0n) is 14.6. The Kier molecular flexibility index (Phi) is 7.40. The predicted molar refractivity (Wildman–Crippen MR) is 93.5 cm³/mol. The number of nitriles is 1. The third-order valence-electron chi connectivity index (χ3n) is 4.70. The van der Waals surface area contributed by atoms with Gasteiger partial charge in [0, 0.05) is 77.4 Å². The molecule has 3 aliphatic rings. The van der Waals surface area contributed by atoms with Gasteiger partial charge in [0.05, 0.1) is 6.07 Å². The van der Waals surface area contributed by atoms with E-state index < -0.39 is 5.41 Å². The summed E-state index contributed by atoms with van der Waals surface area (Å²) in [5.41, 5.74) is -0.975. The second-order valence-electron chi connectivity index (χ2n) is 7.14. The van der Waals surface area contributed by atoms with Gasteiger partial charge in [0.2, 0.25) is 5.91 Å². The summed E-state index contributed by atoms with van der Waals surface area (Å²) in [6.07, 6.45) is 0. The highest BCUT2D eigenvalue weighted by atomic mass is 16.2. The SMILES string of the molecule is CC12CNCCNCC(C#N)(CNCCNC1)C(=O)NCCNC2. The minimum atomic E-state index is -1.08. The molecule has 136 valence electrons. The molecule has 3 aliphatic heterocycles. The monoisotopic (exact) mass is 337 g/mol. The van der Waals surface area contributed by atoms with E-state index in [4.69, 9.17) is 0 Å². The summed E-state index contributed by atoms with van der Waals surface area (Å²) < 4.78 is 0. The van der Waals surface area contributed by atoms with Gasteiger partial charge >= 0.3 is 0 Å². The van der Waals surface area contributed by atoms with Crippen LogP contribution in [0.25, 0.3) is 0 Å². The molecule has 8 heteroatoms. The molecule has 1 amide bonds. The average molecular weight is 337 g/mol. The van der Waals surface area contributed by atoms with Gasteiger partial charge in [-0.25, -0.2) is 0 Å². The topological polar surface area (TPSA) is 113 Å². The summed E-state index contributed by atoms with van der Waals surface area (Å²) in [7, 11) is 0. The number of nitrogens with zero attached hydrogens (tertiary/aromatic N) is 1. The van der Waals surface area contributed by atoms with Crippen molar-refractivity contribution in [3.63, 3.8) is 0 Å². The number of carbonyl (C=O) groups excluding carboxylic acids is 1.